The third kappa shape index (κ3) is 3.84. The van der Waals surface area contributed by atoms with Crippen LogP contribution >= 0.6 is 0 Å². The zero-order valence-corrected chi connectivity index (χ0v) is 8.09. The third-order valence-electron chi connectivity index (χ3n) is 1.44. The van der Waals surface area contributed by atoms with E-state index < -0.39 is 36.0 Å². The van der Waals surface area contributed by atoms with E-state index in [2.05, 4.69) is 0 Å². The quantitative estimate of drug-likeness (QED) is 0.462. The molecule has 0 aromatic carbocycles. The van der Waals surface area contributed by atoms with Gasteiger partial charge in [0, 0.05) is 12.4 Å². The van der Waals surface area contributed by atoms with Gasteiger partial charge in [-0.1, -0.05) is 0 Å². The molecule has 2 unspecified atom stereocenters. The van der Waals surface area contributed by atoms with Crippen molar-refractivity contribution in [2.45, 2.75) is 18.1 Å². The van der Waals surface area contributed by atoms with Crippen LogP contribution in [-0.2, 0) is 31.5 Å². The first-order chi connectivity index (χ1) is 6.21. The maximum absolute atomic E-state index is 10.2. The van der Waals surface area contributed by atoms with Gasteiger partial charge >= 0.3 is 17.1 Å². The molecule has 0 fully saturated rings. The first-order valence-electron chi connectivity index (χ1n) is 3.24. The van der Waals surface area contributed by atoms with Crippen LogP contribution in [-0.4, -0.2) is 39.8 Å². The van der Waals surface area contributed by atoms with Gasteiger partial charge in [0.05, 0.1) is 11.9 Å². The van der Waals surface area contributed by atoms with Crippen LogP contribution in [0.1, 0.15) is 6.42 Å². The summed E-state index contributed by atoms with van der Waals surface area (Å²) in [5, 5.41) is 47.8. The Labute approximate surface area is 93.6 Å². The molecule has 0 aromatic rings. The number of aliphatic hydroxyl groups excluding tert-OH is 1. The molecule has 0 bridgehead atoms. The van der Waals surface area contributed by atoms with Gasteiger partial charge in [-0.05, 0) is 0 Å². The van der Waals surface area contributed by atoms with Gasteiger partial charge in [-0.15, -0.1) is 0 Å². The van der Waals surface area contributed by atoms with E-state index in [-0.39, 0.29) is 17.1 Å². The van der Waals surface area contributed by atoms with E-state index in [1.54, 1.807) is 0 Å². The number of carbonyl (C=O) groups is 3. The number of carbonyl (C=O) groups excluding carboxylic acids is 3. The molecule has 0 amide bonds. The van der Waals surface area contributed by atoms with Crippen molar-refractivity contribution in [2.24, 2.45) is 0 Å². The summed E-state index contributed by atoms with van der Waals surface area (Å²) in [6, 6.07) is 0. The van der Waals surface area contributed by atoms with E-state index in [1.165, 1.54) is 0 Å². The number of aliphatic hydroxyl groups is 2. The summed E-state index contributed by atoms with van der Waals surface area (Å²) in [5.41, 5.74) is -3.46. The minimum atomic E-state index is -3.46. The number of hydrogen-bond donors (Lipinski definition) is 2. The molecule has 0 saturated heterocycles. The molecule has 0 heterocycles. The van der Waals surface area contributed by atoms with Crippen LogP contribution in [0.2, 0.25) is 0 Å². The topological polar surface area (TPSA) is 161 Å². The summed E-state index contributed by atoms with van der Waals surface area (Å²) in [7, 11) is 0. The average molecular weight is 261 g/mol. The Morgan fingerprint density at radius 3 is 1.80 bits per heavy atom. The van der Waals surface area contributed by atoms with Gasteiger partial charge in [-0.2, -0.15) is 0 Å². The third-order valence-corrected chi connectivity index (χ3v) is 1.44. The van der Waals surface area contributed by atoms with Crippen molar-refractivity contribution in [3.05, 3.63) is 0 Å². The molecular formula is C6H5FeO8. The van der Waals surface area contributed by atoms with Crippen molar-refractivity contribution >= 4 is 17.9 Å². The molecule has 2 N–H and O–H groups in total. The fraction of sp³-hybridized carbons (Fsp3) is 0.500. The fourth-order valence-electron chi connectivity index (χ4n) is 0.695. The zero-order valence-electron chi connectivity index (χ0n) is 6.98. The number of carboxylic acid groups (broad SMARTS) is 3. The second-order valence-corrected chi connectivity index (χ2v) is 2.48. The number of rotatable bonds is 5. The van der Waals surface area contributed by atoms with Crippen LogP contribution in [0.25, 0.3) is 0 Å². The van der Waals surface area contributed by atoms with Crippen LogP contribution < -0.4 is 15.3 Å². The van der Waals surface area contributed by atoms with Gasteiger partial charge in [-0.25, -0.2) is 0 Å². The standard InChI is InChI=1S/C6H8O8.Fe/c7-2(8)1-6(14,5(12)13)3(9)4(10)11;/h3,9,14H,1H2,(H,7,8)(H,10,11)(H,12,13);/q;+3/p-3. The minimum Gasteiger partial charge on any atom is -0.550 e. The summed E-state index contributed by atoms with van der Waals surface area (Å²) in [5.74, 6) is -6.84. The van der Waals surface area contributed by atoms with E-state index in [0.717, 1.165) is 0 Å². The first-order valence-corrected chi connectivity index (χ1v) is 3.24. The normalized spacial score (nSPS) is 15.6. The summed E-state index contributed by atoms with van der Waals surface area (Å²) >= 11 is 0. The molecule has 9 heteroatoms. The minimum absolute atomic E-state index is 0. The smallest absolute Gasteiger partial charge is 0.550 e. The number of aliphatic carboxylic acids is 3. The summed E-state index contributed by atoms with van der Waals surface area (Å²) in [6.45, 7) is 0. The number of carboxylic acids is 3. The maximum atomic E-state index is 10.2. The number of hydrogen-bond acceptors (Lipinski definition) is 8. The summed E-state index contributed by atoms with van der Waals surface area (Å²) < 4.78 is 0. The van der Waals surface area contributed by atoms with Crippen molar-refractivity contribution in [1.82, 2.24) is 0 Å². The van der Waals surface area contributed by atoms with Crippen LogP contribution in [0.4, 0.5) is 0 Å². The molecular weight excluding hydrogens is 256 g/mol. The van der Waals surface area contributed by atoms with Crippen molar-refractivity contribution in [2.75, 3.05) is 0 Å². The SMILES string of the molecule is O=C([O-])CC(O)(C(=O)[O-])C(O)C(=O)[O-].[Fe+3]. The molecule has 85 valence electrons. The Balaban J connectivity index is 0. The Hall–Kier alpha value is -1.15. The van der Waals surface area contributed by atoms with E-state index >= 15 is 0 Å². The van der Waals surface area contributed by atoms with Crippen molar-refractivity contribution in [1.29, 1.82) is 0 Å². The Morgan fingerprint density at radius 1 is 1.20 bits per heavy atom. The predicted octanol–water partition coefficient (Wildman–Crippen LogP) is -6.28. The Morgan fingerprint density at radius 2 is 1.60 bits per heavy atom. The fourth-order valence-corrected chi connectivity index (χ4v) is 0.695. The average Bonchev–Trinajstić information content (AvgIpc) is 2.00. The molecule has 0 rings (SSSR count). The largest absolute Gasteiger partial charge is 3.00 e. The molecule has 0 aliphatic heterocycles. The van der Waals surface area contributed by atoms with E-state index in [4.69, 9.17) is 10.2 Å². The maximum Gasteiger partial charge on any atom is 3.00 e. The van der Waals surface area contributed by atoms with Gasteiger partial charge in [0.25, 0.3) is 0 Å². The Bertz CT molecular complexity index is 276. The van der Waals surface area contributed by atoms with E-state index in [0.29, 0.717) is 0 Å². The van der Waals surface area contributed by atoms with Crippen LogP contribution in [0.5, 0.6) is 0 Å². The Kier molecular flexibility index (Phi) is 6.15. The molecule has 0 aromatic heterocycles. The summed E-state index contributed by atoms with van der Waals surface area (Å²) in [6.07, 6.45) is -4.53. The molecule has 0 aliphatic rings. The van der Waals surface area contributed by atoms with E-state index in [1.807, 2.05) is 0 Å². The van der Waals surface area contributed by atoms with Gasteiger partial charge in [0.2, 0.25) is 0 Å². The van der Waals surface area contributed by atoms with Crippen molar-refractivity contribution in [3.8, 4) is 0 Å². The van der Waals surface area contributed by atoms with E-state index in [9.17, 15) is 29.7 Å². The van der Waals surface area contributed by atoms with Crippen LogP contribution in [0.15, 0.2) is 0 Å². The second-order valence-electron chi connectivity index (χ2n) is 2.48. The molecule has 15 heavy (non-hydrogen) atoms. The summed E-state index contributed by atoms with van der Waals surface area (Å²) in [4.78, 5) is 30.2. The molecule has 0 saturated carbocycles. The van der Waals surface area contributed by atoms with Gasteiger partial charge in [0.1, 0.15) is 11.7 Å². The first kappa shape index (κ1) is 16.3. The van der Waals surface area contributed by atoms with Crippen molar-refractivity contribution in [3.63, 3.8) is 0 Å². The molecule has 0 aliphatic carbocycles. The molecule has 1 radical (unpaired) electrons. The second kappa shape index (κ2) is 5.66. The predicted molar refractivity (Wildman–Crippen MR) is 30.6 cm³/mol. The zero-order chi connectivity index (χ0) is 11.5. The van der Waals surface area contributed by atoms with Gasteiger partial charge in [0.15, 0.2) is 0 Å². The molecule has 0 spiro atoms. The van der Waals surface area contributed by atoms with Crippen LogP contribution in [0.3, 0.4) is 0 Å². The molecule has 2 atom stereocenters. The van der Waals surface area contributed by atoms with Gasteiger partial charge < -0.3 is 39.9 Å². The molecule has 8 nitrogen and oxygen atoms in total. The monoisotopic (exact) mass is 261 g/mol. The van der Waals surface area contributed by atoms with Crippen LogP contribution in [0, 0.1) is 0 Å². The van der Waals surface area contributed by atoms with Crippen molar-refractivity contribution < 1.29 is 57.0 Å². The van der Waals surface area contributed by atoms with Gasteiger partial charge in [-0.3, -0.25) is 0 Å².